The Labute approximate surface area is 180 Å². The number of benzene rings is 2. The first kappa shape index (κ1) is 22.1. The molecule has 0 fully saturated rings. The first-order valence-corrected chi connectivity index (χ1v) is 9.80. The third-order valence-electron chi connectivity index (χ3n) is 5.16. The van der Waals surface area contributed by atoms with Crippen molar-refractivity contribution in [1.29, 1.82) is 0 Å². The highest BCUT2D eigenvalue weighted by Crippen LogP contribution is 2.40. The Kier molecular flexibility index (Phi) is 6.15. The van der Waals surface area contributed by atoms with Gasteiger partial charge in [0, 0.05) is 31.3 Å². The van der Waals surface area contributed by atoms with E-state index in [-0.39, 0.29) is 23.3 Å². The summed E-state index contributed by atoms with van der Waals surface area (Å²) < 4.78 is 27.4. The molecule has 1 amide bonds. The minimum Gasteiger partial charge on any atom is -0.505 e. The van der Waals surface area contributed by atoms with E-state index >= 15 is 0 Å². The number of hydrogen-bond donors (Lipinski definition) is 3. The van der Waals surface area contributed by atoms with Crippen LogP contribution in [0.5, 0.6) is 5.75 Å². The molecule has 1 aliphatic rings. The number of para-hydroxylation sites is 1. The van der Waals surface area contributed by atoms with Crippen LogP contribution in [0.15, 0.2) is 72.1 Å². The molecule has 3 N–H and O–H groups in total. The second kappa shape index (κ2) is 8.63. The normalized spacial score (nSPS) is 14.2. The van der Waals surface area contributed by atoms with Gasteiger partial charge in [-0.2, -0.15) is 0 Å². The number of aromatic hydroxyl groups is 1. The van der Waals surface area contributed by atoms with Crippen molar-refractivity contribution in [2.75, 3.05) is 19.4 Å². The maximum atomic E-state index is 13.7. The number of phenolic OH excluding ortho intramolecular Hbond substituents is 1. The topological polar surface area (TPSA) is 64.6 Å². The largest absolute Gasteiger partial charge is 0.505 e. The van der Waals surface area contributed by atoms with Crippen molar-refractivity contribution in [3.8, 4) is 5.75 Å². The first-order valence-electron chi connectivity index (χ1n) is 9.80. The summed E-state index contributed by atoms with van der Waals surface area (Å²) in [6, 6.07) is 7.88. The number of hydrogen-bond acceptors (Lipinski definition) is 4. The Morgan fingerprint density at radius 2 is 1.71 bits per heavy atom. The molecule has 5 nitrogen and oxygen atoms in total. The van der Waals surface area contributed by atoms with Crippen LogP contribution < -0.4 is 10.6 Å². The Balaban J connectivity index is 1.92. The van der Waals surface area contributed by atoms with Gasteiger partial charge in [-0.15, -0.1) is 0 Å². The lowest BCUT2D eigenvalue weighted by atomic mass is 9.87. The molecule has 0 aliphatic heterocycles. The molecule has 0 spiro atoms. The predicted molar refractivity (Wildman–Crippen MR) is 118 cm³/mol. The summed E-state index contributed by atoms with van der Waals surface area (Å²) >= 11 is 0. The Morgan fingerprint density at radius 1 is 1.10 bits per heavy atom. The zero-order valence-electron chi connectivity index (χ0n) is 17.7. The van der Waals surface area contributed by atoms with E-state index in [0.29, 0.717) is 40.2 Å². The molecular formula is C24H25F2N3O2. The molecule has 2 aromatic carbocycles. The highest BCUT2D eigenvalue weighted by molar-refractivity contribution is 5.98. The maximum absolute atomic E-state index is 13.7. The number of nitrogens with one attached hydrogen (secondary N) is 2. The van der Waals surface area contributed by atoms with Crippen molar-refractivity contribution < 1.29 is 18.7 Å². The van der Waals surface area contributed by atoms with Crippen molar-refractivity contribution >= 4 is 11.6 Å². The van der Waals surface area contributed by atoms with E-state index in [4.69, 9.17) is 0 Å². The van der Waals surface area contributed by atoms with Crippen molar-refractivity contribution in [3.05, 3.63) is 94.9 Å². The molecule has 0 bridgehead atoms. The summed E-state index contributed by atoms with van der Waals surface area (Å²) in [5.74, 6) is -1.81. The number of halogens is 2. The van der Waals surface area contributed by atoms with E-state index in [1.807, 2.05) is 6.92 Å². The second-order valence-corrected chi connectivity index (χ2v) is 7.54. The van der Waals surface area contributed by atoms with E-state index in [1.165, 1.54) is 23.1 Å². The van der Waals surface area contributed by atoms with Crippen LogP contribution in [0.25, 0.3) is 0 Å². The minimum absolute atomic E-state index is 0.163. The van der Waals surface area contributed by atoms with Gasteiger partial charge in [-0.05, 0) is 36.2 Å². The molecule has 1 unspecified atom stereocenters. The van der Waals surface area contributed by atoms with Crippen molar-refractivity contribution in [2.24, 2.45) is 0 Å². The van der Waals surface area contributed by atoms with Crippen molar-refractivity contribution in [1.82, 2.24) is 10.2 Å². The number of amides is 1. The molecule has 2 aromatic rings. The van der Waals surface area contributed by atoms with Gasteiger partial charge in [0.05, 0.1) is 28.7 Å². The average molecular weight is 425 g/mol. The van der Waals surface area contributed by atoms with Gasteiger partial charge < -0.3 is 20.6 Å². The Morgan fingerprint density at radius 3 is 2.29 bits per heavy atom. The number of rotatable bonds is 7. The van der Waals surface area contributed by atoms with Gasteiger partial charge in [0.25, 0.3) is 5.91 Å². The fraction of sp³-hybridized carbons (Fsp3) is 0.208. The molecule has 31 heavy (non-hydrogen) atoms. The van der Waals surface area contributed by atoms with Gasteiger partial charge in [0.1, 0.15) is 11.6 Å². The number of allylic oxidation sites excluding steroid dienone is 2. The fourth-order valence-corrected chi connectivity index (χ4v) is 3.40. The summed E-state index contributed by atoms with van der Waals surface area (Å²) in [6.07, 6.45) is 0.567. The monoisotopic (exact) mass is 425 g/mol. The number of carbonyl (C=O) groups is 1. The molecule has 162 valence electrons. The lowest BCUT2D eigenvalue weighted by Gasteiger charge is -2.34. The highest BCUT2D eigenvalue weighted by Gasteiger charge is 2.29. The first-order chi connectivity index (χ1) is 14.6. The van der Waals surface area contributed by atoms with E-state index in [1.54, 1.807) is 26.2 Å². The summed E-state index contributed by atoms with van der Waals surface area (Å²) in [6.45, 7) is 9.87. The lowest BCUT2D eigenvalue weighted by molar-refractivity contribution is 0.0824. The molecule has 1 atom stereocenters. The summed E-state index contributed by atoms with van der Waals surface area (Å²) in [5, 5.41) is 17.0. The molecule has 7 heteroatoms. The van der Waals surface area contributed by atoms with E-state index in [9.17, 15) is 18.7 Å². The number of nitrogens with zero attached hydrogens (tertiary/aromatic N) is 1. The highest BCUT2D eigenvalue weighted by atomic mass is 19.1. The molecule has 0 radical (unpaired) electrons. The molecule has 0 saturated carbocycles. The van der Waals surface area contributed by atoms with Crippen LogP contribution in [-0.4, -0.2) is 30.0 Å². The quantitative estimate of drug-likeness (QED) is 0.554. The maximum Gasteiger partial charge on any atom is 0.257 e. The molecule has 0 heterocycles. The summed E-state index contributed by atoms with van der Waals surface area (Å²) in [7, 11) is 3.20. The van der Waals surface area contributed by atoms with Gasteiger partial charge in [-0.25, -0.2) is 8.78 Å². The molecule has 1 aliphatic carbocycles. The molecular weight excluding hydrogens is 400 g/mol. The van der Waals surface area contributed by atoms with Crippen LogP contribution in [0, 0.1) is 11.6 Å². The van der Waals surface area contributed by atoms with Gasteiger partial charge in [0.15, 0.2) is 5.75 Å². The summed E-state index contributed by atoms with van der Waals surface area (Å²) in [4.78, 5) is 13.7. The van der Waals surface area contributed by atoms with Crippen LogP contribution in [0.3, 0.4) is 0 Å². The van der Waals surface area contributed by atoms with Crippen molar-refractivity contribution in [2.45, 2.75) is 19.4 Å². The standard InChI is InChI=1S/C24H25F2N3O2/c1-6-19(15-10-16(25)12-17(26)11-15)27-21-13(2)14(3)22(21)28-20-9-7-8-18(23(20)30)24(31)29(4)5/h7-12,19,27-28,30H,2-3,6H2,1,4-5H3. The van der Waals surface area contributed by atoms with Crippen LogP contribution in [0.2, 0.25) is 0 Å². The second-order valence-electron chi connectivity index (χ2n) is 7.54. The number of phenols is 1. The van der Waals surface area contributed by atoms with Crippen LogP contribution in [0.1, 0.15) is 35.3 Å². The zero-order chi connectivity index (χ0) is 22.9. The number of anilines is 1. The molecule has 0 saturated heterocycles. The SMILES string of the molecule is C=C1C(=C)C(NC(CC)c2cc(F)cc(F)c2)=C1Nc1cccc(C(=O)N(C)C)c1O. The van der Waals surface area contributed by atoms with Crippen molar-refractivity contribution in [3.63, 3.8) is 0 Å². The van der Waals surface area contributed by atoms with Gasteiger partial charge in [0.2, 0.25) is 0 Å². The van der Waals surface area contributed by atoms with E-state index in [0.717, 1.165) is 6.07 Å². The smallest absolute Gasteiger partial charge is 0.257 e. The lowest BCUT2D eigenvalue weighted by Crippen LogP contribution is -2.31. The van der Waals surface area contributed by atoms with Gasteiger partial charge in [-0.3, -0.25) is 4.79 Å². The van der Waals surface area contributed by atoms with E-state index < -0.39 is 11.6 Å². The average Bonchev–Trinajstić information content (AvgIpc) is 2.72. The number of carbonyl (C=O) groups excluding carboxylic acids is 1. The van der Waals surface area contributed by atoms with Gasteiger partial charge in [-0.1, -0.05) is 26.1 Å². The molecule has 0 aromatic heterocycles. The predicted octanol–water partition coefficient (Wildman–Crippen LogP) is 4.86. The third-order valence-corrected chi connectivity index (χ3v) is 5.16. The summed E-state index contributed by atoms with van der Waals surface area (Å²) in [5.41, 5.74) is 3.47. The van der Waals surface area contributed by atoms with E-state index in [2.05, 4.69) is 23.8 Å². The minimum atomic E-state index is -0.647. The van der Waals surface area contributed by atoms with Crippen LogP contribution in [0.4, 0.5) is 14.5 Å². The van der Waals surface area contributed by atoms with Crippen LogP contribution in [-0.2, 0) is 0 Å². The molecule has 3 rings (SSSR count). The fourth-order valence-electron chi connectivity index (χ4n) is 3.40. The third kappa shape index (κ3) is 4.30. The zero-order valence-corrected chi connectivity index (χ0v) is 17.7. The van der Waals surface area contributed by atoms with Gasteiger partial charge >= 0.3 is 0 Å². The van der Waals surface area contributed by atoms with Crippen LogP contribution >= 0.6 is 0 Å². The Hall–Kier alpha value is -3.61. The Bertz CT molecular complexity index is 1090.